The van der Waals surface area contributed by atoms with Crippen LogP contribution in [0.4, 0.5) is 8.78 Å². The molecule has 0 aliphatic heterocycles. The molecule has 1 aromatic heterocycles. The van der Waals surface area contributed by atoms with Gasteiger partial charge >= 0.3 is 11.7 Å². The van der Waals surface area contributed by atoms with Gasteiger partial charge in [0.25, 0.3) is 11.5 Å². The topological polar surface area (TPSA) is 103 Å². The second kappa shape index (κ2) is 13.3. The number of hydrogen-bond acceptors (Lipinski definition) is 6. The molecule has 0 radical (unpaired) electrons. The van der Waals surface area contributed by atoms with Gasteiger partial charge in [-0.25, -0.2) is 18.4 Å². The minimum absolute atomic E-state index is 0.0313. The van der Waals surface area contributed by atoms with Gasteiger partial charge in [-0.2, -0.15) is 0 Å². The van der Waals surface area contributed by atoms with E-state index in [0.717, 1.165) is 35.9 Å². The Morgan fingerprint density at radius 1 is 0.975 bits per heavy atom. The summed E-state index contributed by atoms with van der Waals surface area (Å²) in [5.41, 5.74) is 0.340. The minimum Gasteiger partial charge on any atom is -0.463 e. The van der Waals surface area contributed by atoms with Crippen LogP contribution in [0.2, 0.25) is 0 Å². The Kier molecular flexibility index (Phi) is 10.1. The lowest BCUT2D eigenvalue weighted by Gasteiger charge is -2.21. The van der Waals surface area contributed by atoms with Crippen molar-refractivity contribution < 1.29 is 23.1 Å². The van der Waals surface area contributed by atoms with Crippen LogP contribution < -0.4 is 16.6 Å². The summed E-state index contributed by atoms with van der Waals surface area (Å²) in [6.07, 6.45) is -0.0313. The second-order valence-electron chi connectivity index (χ2n) is 9.38. The number of carbonyl (C=O) groups excluding carboxylic acids is 2. The predicted molar refractivity (Wildman–Crippen MR) is 147 cm³/mol. The van der Waals surface area contributed by atoms with Crippen molar-refractivity contribution in [3.63, 3.8) is 0 Å². The maximum atomic E-state index is 14.2. The van der Waals surface area contributed by atoms with Crippen molar-refractivity contribution in [2.24, 2.45) is 14.1 Å². The predicted octanol–water partition coefficient (Wildman–Crippen LogP) is 2.56. The first kappa shape index (κ1) is 30.4. The molecule has 11 heteroatoms. The third kappa shape index (κ3) is 6.71. The van der Waals surface area contributed by atoms with Gasteiger partial charge in [0.1, 0.15) is 29.8 Å². The SMILES string of the molecule is CCN(CC)CCOC(=O)[C@H](Cc1ccc(-c2c(C)n(C)c(=O)n(C)c2=O)cc1)NC(=O)c1c(F)cccc1F. The first-order valence-electron chi connectivity index (χ1n) is 13.0. The van der Waals surface area contributed by atoms with Gasteiger partial charge in [-0.3, -0.25) is 14.2 Å². The molecule has 1 heterocycles. The van der Waals surface area contributed by atoms with Gasteiger partial charge in [0, 0.05) is 32.8 Å². The van der Waals surface area contributed by atoms with Gasteiger partial charge in [0.15, 0.2) is 0 Å². The average Bonchev–Trinajstić information content (AvgIpc) is 2.93. The molecular weight excluding hydrogens is 522 g/mol. The van der Waals surface area contributed by atoms with Crippen molar-refractivity contribution in [3.8, 4) is 11.1 Å². The smallest absolute Gasteiger partial charge is 0.330 e. The number of nitrogens with one attached hydrogen (secondary N) is 1. The Morgan fingerprint density at radius 3 is 2.15 bits per heavy atom. The third-order valence-electron chi connectivity index (χ3n) is 6.97. The van der Waals surface area contributed by atoms with Gasteiger partial charge in [-0.05, 0) is 43.3 Å². The normalized spacial score (nSPS) is 11.9. The Morgan fingerprint density at radius 2 is 1.57 bits per heavy atom. The molecule has 40 heavy (non-hydrogen) atoms. The summed E-state index contributed by atoms with van der Waals surface area (Å²) < 4.78 is 36.3. The fourth-order valence-corrected chi connectivity index (χ4v) is 4.38. The van der Waals surface area contributed by atoms with Gasteiger partial charge in [-0.15, -0.1) is 0 Å². The van der Waals surface area contributed by atoms with E-state index < -0.39 is 46.4 Å². The molecule has 1 amide bonds. The summed E-state index contributed by atoms with van der Waals surface area (Å²) in [5, 5.41) is 2.42. The maximum Gasteiger partial charge on any atom is 0.330 e. The fourth-order valence-electron chi connectivity index (χ4n) is 4.38. The van der Waals surface area contributed by atoms with Crippen molar-refractivity contribution in [3.05, 3.63) is 91.8 Å². The molecule has 3 aromatic rings. The van der Waals surface area contributed by atoms with Gasteiger partial charge in [0.05, 0.1) is 5.56 Å². The number of rotatable bonds is 11. The molecule has 9 nitrogen and oxygen atoms in total. The Hall–Kier alpha value is -4.12. The zero-order valence-electron chi connectivity index (χ0n) is 23.3. The molecule has 0 saturated heterocycles. The van der Waals surface area contributed by atoms with E-state index in [4.69, 9.17) is 4.74 Å². The maximum absolute atomic E-state index is 14.2. The molecule has 0 bridgehead atoms. The van der Waals surface area contributed by atoms with Crippen LogP contribution in [-0.2, 0) is 30.0 Å². The fraction of sp³-hybridized carbons (Fsp3) is 0.379. The average molecular weight is 557 g/mol. The first-order valence-corrected chi connectivity index (χ1v) is 13.0. The number of likely N-dealkylation sites (N-methyl/N-ethyl adjacent to an activating group) is 1. The van der Waals surface area contributed by atoms with Crippen LogP contribution in [-0.4, -0.2) is 58.2 Å². The highest BCUT2D eigenvalue weighted by Crippen LogP contribution is 2.20. The first-order chi connectivity index (χ1) is 19.0. The molecule has 2 aromatic carbocycles. The van der Waals surface area contributed by atoms with Crippen molar-refractivity contribution in [1.29, 1.82) is 0 Å². The second-order valence-corrected chi connectivity index (χ2v) is 9.38. The number of nitrogens with zero attached hydrogens (tertiary/aromatic N) is 3. The number of benzene rings is 2. The van der Waals surface area contributed by atoms with E-state index in [1.54, 1.807) is 38.2 Å². The summed E-state index contributed by atoms with van der Waals surface area (Å²) in [4.78, 5) is 52.9. The van der Waals surface area contributed by atoms with Gasteiger partial charge < -0.3 is 19.5 Å². The molecule has 0 unspecified atom stereocenters. The summed E-state index contributed by atoms with van der Waals surface area (Å²) in [6, 6.07) is 8.51. The standard InChI is InChI=1S/C29H34F2N4O5/c1-6-35(7-2)15-16-40-28(38)23(32-26(36)25-21(30)9-8-10-22(25)31)17-19-11-13-20(14-12-19)24-18(3)33(4)29(39)34(5)27(24)37/h8-14,23H,6-7,15-17H2,1-5H3,(H,32,36)/t23-/m0/s1. The molecule has 1 atom stereocenters. The van der Waals surface area contributed by atoms with Crippen LogP contribution in [0.15, 0.2) is 52.1 Å². The number of aromatic nitrogens is 2. The number of amides is 1. The largest absolute Gasteiger partial charge is 0.463 e. The van der Waals surface area contributed by atoms with E-state index in [9.17, 15) is 28.0 Å². The Bertz CT molecular complexity index is 1470. The van der Waals surface area contributed by atoms with E-state index >= 15 is 0 Å². The summed E-state index contributed by atoms with van der Waals surface area (Å²) in [7, 11) is 2.98. The lowest BCUT2D eigenvalue weighted by Crippen LogP contribution is -2.44. The van der Waals surface area contributed by atoms with Crippen molar-refractivity contribution in [2.45, 2.75) is 33.2 Å². The summed E-state index contributed by atoms with van der Waals surface area (Å²) in [5.74, 6) is -3.93. The highest BCUT2D eigenvalue weighted by atomic mass is 19.1. The van der Waals surface area contributed by atoms with Crippen molar-refractivity contribution in [2.75, 3.05) is 26.2 Å². The van der Waals surface area contributed by atoms with Gasteiger partial charge in [-0.1, -0.05) is 44.2 Å². The van der Waals surface area contributed by atoms with Crippen molar-refractivity contribution in [1.82, 2.24) is 19.4 Å². The molecule has 0 fully saturated rings. The zero-order valence-corrected chi connectivity index (χ0v) is 23.3. The number of halogens is 2. The van der Waals surface area contributed by atoms with E-state index in [0.29, 0.717) is 28.9 Å². The van der Waals surface area contributed by atoms with Crippen molar-refractivity contribution >= 4 is 11.9 Å². The summed E-state index contributed by atoms with van der Waals surface area (Å²) in [6.45, 7) is 7.74. The molecule has 0 aliphatic rings. The zero-order chi connectivity index (χ0) is 29.6. The molecule has 1 N–H and O–H groups in total. The summed E-state index contributed by atoms with van der Waals surface area (Å²) >= 11 is 0. The minimum atomic E-state index is -1.23. The molecule has 214 valence electrons. The van der Waals surface area contributed by atoms with E-state index in [-0.39, 0.29) is 13.0 Å². The van der Waals surface area contributed by atoms with Crippen LogP contribution in [0.25, 0.3) is 11.1 Å². The van der Waals surface area contributed by atoms with E-state index in [1.165, 1.54) is 11.6 Å². The highest BCUT2D eigenvalue weighted by molar-refractivity contribution is 5.97. The Balaban J connectivity index is 1.87. The molecule has 0 spiro atoms. The van der Waals surface area contributed by atoms with Crippen LogP contribution in [0.5, 0.6) is 0 Å². The van der Waals surface area contributed by atoms with Crippen LogP contribution in [0, 0.1) is 18.6 Å². The molecule has 0 aliphatic carbocycles. The Labute approximate surface area is 231 Å². The quantitative estimate of drug-likeness (QED) is 0.365. The van der Waals surface area contributed by atoms with Crippen LogP contribution in [0.1, 0.15) is 35.5 Å². The number of hydrogen-bond donors (Lipinski definition) is 1. The number of esters is 1. The molecule has 3 rings (SSSR count). The molecule has 0 saturated carbocycles. The van der Waals surface area contributed by atoms with E-state index in [1.807, 2.05) is 13.8 Å². The van der Waals surface area contributed by atoms with Gasteiger partial charge in [0.2, 0.25) is 0 Å². The van der Waals surface area contributed by atoms with Crippen LogP contribution >= 0.6 is 0 Å². The monoisotopic (exact) mass is 556 g/mol. The highest BCUT2D eigenvalue weighted by Gasteiger charge is 2.27. The third-order valence-corrected chi connectivity index (χ3v) is 6.97. The van der Waals surface area contributed by atoms with Crippen LogP contribution in [0.3, 0.4) is 0 Å². The number of carbonyl (C=O) groups is 2. The van der Waals surface area contributed by atoms with E-state index in [2.05, 4.69) is 10.2 Å². The number of ether oxygens (including phenoxy) is 1. The lowest BCUT2D eigenvalue weighted by molar-refractivity contribution is -0.146. The lowest BCUT2D eigenvalue weighted by atomic mass is 10.00. The molecular formula is C29H34F2N4O5.